The summed E-state index contributed by atoms with van der Waals surface area (Å²) in [6.07, 6.45) is 10.9. The molecule has 0 aromatic carbocycles. The summed E-state index contributed by atoms with van der Waals surface area (Å²) in [5.41, 5.74) is 0. The number of Topliss-reactive ketones (excluding diaryl/α,β-unsaturated/α-hetero) is 1. The molecule has 1 nitrogen and oxygen atoms in total. The lowest BCUT2D eigenvalue weighted by molar-refractivity contribution is -0.117. The maximum absolute atomic E-state index is 10.9. The summed E-state index contributed by atoms with van der Waals surface area (Å²) < 4.78 is 47.4. The largest absolute Gasteiger partial charge is 0.300 e. The molecule has 0 amide bonds. The highest BCUT2D eigenvalue weighted by atomic mass is 16.1. The lowest BCUT2D eigenvalue weighted by Gasteiger charge is -1.91. The van der Waals surface area contributed by atoms with Crippen molar-refractivity contribution in [3.63, 3.8) is 0 Å². The molecule has 1 heteroatoms. The maximum atomic E-state index is 10.9. The number of rotatable bonds is 14. The quantitative estimate of drug-likeness (QED) is 0.257. The molecule has 0 aliphatic carbocycles. The van der Waals surface area contributed by atoms with E-state index in [1.165, 1.54) is 25.2 Å². The van der Waals surface area contributed by atoms with Gasteiger partial charge in [-0.2, -0.15) is 0 Å². The fourth-order valence-electron chi connectivity index (χ4n) is 1.64. The van der Waals surface area contributed by atoms with Crippen molar-refractivity contribution in [1.82, 2.24) is 0 Å². The van der Waals surface area contributed by atoms with Crippen LogP contribution in [0.5, 0.6) is 0 Å². The van der Waals surface area contributed by atoms with E-state index < -0.39 is 19.1 Å². The summed E-state index contributed by atoms with van der Waals surface area (Å²) in [7, 11) is 0. The van der Waals surface area contributed by atoms with Crippen LogP contribution >= 0.6 is 0 Å². The molecule has 0 saturated heterocycles. The Hall–Kier alpha value is -1.37. The van der Waals surface area contributed by atoms with Gasteiger partial charge in [-0.05, 0) is 51.7 Å². The fourth-order valence-corrected chi connectivity index (χ4v) is 1.64. The molecule has 22 heavy (non-hydrogen) atoms. The van der Waals surface area contributed by atoms with E-state index in [0.717, 1.165) is 43.9 Å². The minimum Gasteiger partial charge on any atom is -0.300 e. The number of unbranched alkanes of at least 4 members (excludes halogenated alkanes) is 4. The number of carbonyl (C=O) groups is 1. The Balaban J connectivity index is 4.71. The van der Waals surface area contributed by atoms with Crippen molar-refractivity contribution < 1.29 is 13.0 Å². The average Bonchev–Trinajstić information content (AvgIpc) is 2.58. The van der Waals surface area contributed by atoms with E-state index in [-0.39, 0.29) is 5.78 Å². The molecule has 124 valence electrons. The van der Waals surface area contributed by atoms with E-state index in [2.05, 4.69) is 6.92 Å². The first-order chi connectivity index (χ1) is 12.9. The van der Waals surface area contributed by atoms with Crippen LogP contribution in [-0.2, 0) is 4.79 Å². The van der Waals surface area contributed by atoms with Crippen molar-refractivity contribution in [2.45, 2.75) is 77.9 Å². The minimum atomic E-state index is -1.96. The Kier molecular flexibility index (Phi) is 9.73. The van der Waals surface area contributed by atoms with Crippen molar-refractivity contribution in [3.05, 3.63) is 48.6 Å². The number of hydrogen-bond donors (Lipinski definition) is 0. The highest BCUT2D eigenvalue weighted by Gasteiger charge is 1.89. The zero-order valence-electron chi connectivity index (χ0n) is 20.0. The lowest BCUT2D eigenvalue weighted by Crippen LogP contribution is -1.87. The number of hydrogen-bond acceptors (Lipinski definition) is 1. The second-order valence-electron chi connectivity index (χ2n) is 5.06. The first kappa shape index (κ1) is 12.1. The summed E-state index contributed by atoms with van der Waals surface area (Å²) in [5, 5.41) is 0. The Morgan fingerprint density at radius 1 is 0.773 bits per heavy atom. The third-order valence-electron chi connectivity index (χ3n) is 2.85. The van der Waals surface area contributed by atoms with Gasteiger partial charge in [0.05, 0.1) is 0 Å². The first-order valence-corrected chi connectivity index (χ1v) is 8.15. The van der Waals surface area contributed by atoms with E-state index in [9.17, 15) is 4.79 Å². The Labute approximate surface area is 146 Å². The van der Waals surface area contributed by atoms with Crippen molar-refractivity contribution in [1.29, 1.82) is 0 Å². The van der Waals surface area contributed by atoms with Gasteiger partial charge in [0.1, 0.15) is 5.78 Å². The molecule has 0 radical (unpaired) electrons. The maximum Gasteiger partial charge on any atom is 0.129 e. The van der Waals surface area contributed by atoms with Gasteiger partial charge in [-0.15, -0.1) is 0 Å². The van der Waals surface area contributed by atoms with E-state index in [4.69, 9.17) is 8.22 Å². The summed E-state index contributed by atoms with van der Waals surface area (Å²) in [4.78, 5) is 10.9. The molecule has 0 spiro atoms. The first-order valence-electron chi connectivity index (χ1n) is 11.1. The van der Waals surface area contributed by atoms with Crippen LogP contribution in [0.1, 0.15) is 86.1 Å². The van der Waals surface area contributed by atoms with E-state index in [1.807, 2.05) is 0 Å². The van der Waals surface area contributed by atoms with E-state index in [0.29, 0.717) is 19.3 Å². The van der Waals surface area contributed by atoms with Gasteiger partial charge >= 0.3 is 0 Å². The van der Waals surface area contributed by atoms with Crippen LogP contribution < -0.4 is 0 Å². The number of allylic oxidation sites excluding steroid dienone is 8. The second kappa shape index (κ2) is 17.7. The van der Waals surface area contributed by atoms with Crippen molar-refractivity contribution in [2.75, 3.05) is 0 Å². The van der Waals surface area contributed by atoms with Crippen molar-refractivity contribution >= 4 is 5.78 Å². The van der Waals surface area contributed by atoms with Crippen LogP contribution in [0.3, 0.4) is 0 Å². The number of ketones is 1. The second-order valence-corrected chi connectivity index (χ2v) is 5.06. The monoisotopic (exact) mass is 308 g/mol. The minimum absolute atomic E-state index is 0.104. The third-order valence-corrected chi connectivity index (χ3v) is 2.85. The van der Waals surface area contributed by atoms with Crippen LogP contribution in [0.2, 0.25) is 0 Å². The lowest BCUT2D eigenvalue weighted by atomic mass is 10.2. The van der Waals surface area contributed by atoms with Gasteiger partial charge in [-0.1, -0.05) is 68.4 Å². The fraction of sp³-hybridized carbons (Fsp3) is 0.571. The van der Waals surface area contributed by atoms with E-state index >= 15 is 0 Å². The van der Waals surface area contributed by atoms with Gasteiger partial charge in [0.25, 0.3) is 0 Å². The van der Waals surface area contributed by atoms with Gasteiger partial charge in [0, 0.05) is 14.6 Å². The highest BCUT2D eigenvalue weighted by Crippen LogP contribution is 2.01. The molecule has 0 aliphatic rings. The van der Waals surface area contributed by atoms with Gasteiger partial charge in [0.2, 0.25) is 0 Å². The van der Waals surface area contributed by atoms with Crippen LogP contribution in [0.25, 0.3) is 0 Å². The van der Waals surface area contributed by atoms with E-state index in [1.54, 1.807) is 12.2 Å². The topological polar surface area (TPSA) is 17.1 Å². The third kappa shape index (κ3) is 18.6. The zero-order valence-corrected chi connectivity index (χ0v) is 14.0. The summed E-state index contributed by atoms with van der Waals surface area (Å²) in [5.74, 6) is 0.104. The van der Waals surface area contributed by atoms with Gasteiger partial charge < -0.3 is 4.79 Å². The molecule has 0 N–H and O–H groups in total. The summed E-state index contributed by atoms with van der Waals surface area (Å²) in [6, 6.07) is 0. The zero-order chi connectivity index (χ0) is 21.7. The van der Waals surface area contributed by atoms with Crippen molar-refractivity contribution in [2.24, 2.45) is 0 Å². The van der Waals surface area contributed by atoms with Gasteiger partial charge in [0.15, 0.2) is 0 Å². The Bertz CT molecular complexity index is 573. The molecule has 0 fully saturated rings. The molecule has 0 saturated carbocycles. The molecule has 0 aliphatic heterocycles. The molecular weight excluding hydrogens is 268 g/mol. The Morgan fingerprint density at radius 2 is 1.23 bits per heavy atom. The molecule has 0 unspecified atom stereocenters. The molecule has 0 heterocycles. The Morgan fingerprint density at radius 3 is 1.68 bits per heavy atom. The van der Waals surface area contributed by atoms with Crippen LogP contribution in [0.15, 0.2) is 48.6 Å². The summed E-state index contributed by atoms with van der Waals surface area (Å²) in [6.45, 7) is 3.63. The van der Waals surface area contributed by atoms with Crippen LogP contribution in [0, 0.1) is 0 Å². The van der Waals surface area contributed by atoms with Crippen molar-refractivity contribution in [3.8, 4) is 0 Å². The highest BCUT2D eigenvalue weighted by molar-refractivity contribution is 5.75. The smallest absolute Gasteiger partial charge is 0.129 e. The SMILES string of the molecule is [2H]C([2H])(/C=C\CCCCC)/C=C\C([2H])([2H])/C=C\C([2H])([2H])/C=C\CCCC(C)=O. The molecular formula is C21H34O. The molecule has 0 atom stereocenters. The number of carbonyl (C=O) groups excluding carboxylic acids is 1. The predicted molar refractivity (Wildman–Crippen MR) is 99.1 cm³/mol. The van der Waals surface area contributed by atoms with Gasteiger partial charge in [-0.25, -0.2) is 0 Å². The summed E-state index contributed by atoms with van der Waals surface area (Å²) >= 11 is 0. The molecule has 0 rings (SSSR count). The predicted octanol–water partition coefficient (Wildman–Crippen LogP) is 6.72. The molecule has 0 aromatic rings. The van der Waals surface area contributed by atoms with Crippen LogP contribution in [0.4, 0.5) is 0 Å². The average molecular weight is 309 g/mol. The normalized spacial score (nSPS) is 18.5. The molecule has 0 aromatic heterocycles. The molecule has 0 bridgehead atoms. The van der Waals surface area contributed by atoms with Gasteiger partial charge in [-0.3, -0.25) is 0 Å². The van der Waals surface area contributed by atoms with Crippen LogP contribution in [-0.4, -0.2) is 5.78 Å². The standard InChI is InChI=1S/C21H34O/c1-3-4-5-6-7-8-9-10-11-12-13-14-15-16-17-18-19-20-21(2)22/h7-8,10-11,13-14,16-17H,3-6,9,12,15,18-20H2,1-2H3/b8-7-,11-10-,14-13-,17-16-/i9D2,12D2,15D2.